The number of pyridine rings is 1. The van der Waals surface area contributed by atoms with Crippen LogP contribution >= 0.6 is 0 Å². The number of carbonyl (C=O) groups excluding carboxylic acids is 1. The summed E-state index contributed by atoms with van der Waals surface area (Å²) in [4.78, 5) is 15.2. The number of aromatic nitrogens is 1. The van der Waals surface area contributed by atoms with E-state index in [0.717, 1.165) is 25.3 Å². The number of esters is 1. The third-order valence-corrected chi connectivity index (χ3v) is 2.63. The fourth-order valence-corrected chi connectivity index (χ4v) is 1.74. The average molecular weight is 315 g/mol. The van der Waals surface area contributed by atoms with Gasteiger partial charge in [-0.3, -0.25) is 0 Å². The zero-order chi connectivity index (χ0) is 16.3. The molecule has 0 radical (unpaired) electrons. The summed E-state index contributed by atoms with van der Waals surface area (Å²) < 4.78 is 57.8. The topological polar surface area (TPSA) is 48.4 Å². The normalized spacial score (nSPS) is 11.1. The number of carbonyl (C=O) groups is 1. The summed E-state index contributed by atoms with van der Waals surface area (Å²) in [5.74, 6) is -2.01. The van der Waals surface area contributed by atoms with Gasteiger partial charge in [-0.05, 0) is 36.4 Å². The molecule has 2 aromatic rings. The highest BCUT2D eigenvalue weighted by Gasteiger charge is 2.31. The van der Waals surface area contributed by atoms with E-state index < -0.39 is 24.0 Å². The average Bonchev–Trinajstić information content (AvgIpc) is 2.45. The Morgan fingerprint density at radius 3 is 2.27 bits per heavy atom. The molecule has 8 heteroatoms. The third kappa shape index (κ3) is 3.72. The number of alkyl halides is 3. The standard InChI is InChI=1S/C14H9F4NO3/c1-21-13(20)10-6-7-11(15)19-12(10)8-2-4-9(5-3-8)22-14(16,17)18/h2-7H,1H3. The molecule has 1 heterocycles. The van der Waals surface area contributed by atoms with Crippen LogP contribution < -0.4 is 4.74 Å². The van der Waals surface area contributed by atoms with Crippen molar-refractivity contribution in [2.24, 2.45) is 0 Å². The monoisotopic (exact) mass is 315 g/mol. The molecule has 0 fully saturated rings. The number of hydrogen-bond acceptors (Lipinski definition) is 4. The van der Waals surface area contributed by atoms with Gasteiger partial charge in [0, 0.05) is 5.56 Å². The van der Waals surface area contributed by atoms with Gasteiger partial charge in [0.2, 0.25) is 5.95 Å². The Balaban J connectivity index is 2.39. The zero-order valence-corrected chi connectivity index (χ0v) is 11.1. The predicted molar refractivity (Wildman–Crippen MR) is 67.7 cm³/mol. The van der Waals surface area contributed by atoms with Crippen LogP contribution in [0.5, 0.6) is 5.75 Å². The Morgan fingerprint density at radius 2 is 1.73 bits per heavy atom. The van der Waals surface area contributed by atoms with Gasteiger partial charge in [0.15, 0.2) is 0 Å². The van der Waals surface area contributed by atoms with Gasteiger partial charge in [0.25, 0.3) is 0 Å². The van der Waals surface area contributed by atoms with E-state index in [0.29, 0.717) is 0 Å². The van der Waals surface area contributed by atoms with E-state index >= 15 is 0 Å². The van der Waals surface area contributed by atoms with E-state index in [-0.39, 0.29) is 16.8 Å². The second-order valence-electron chi connectivity index (χ2n) is 4.09. The van der Waals surface area contributed by atoms with Crippen LogP contribution in [0.15, 0.2) is 36.4 Å². The SMILES string of the molecule is COC(=O)c1ccc(F)nc1-c1ccc(OC(F)(F)F)cc1. The minimum atomic E-state index is -4.81. The van der Waals surface area contributed by atoms with Crippen LogP contribution in [0.1, 0.15) is 10.4 Å². The quantitative estimate of drug-likeness (QED) is 0.493. The van der Waals surface area contributed by atoms with Gasteiger partial charge in [-0.1, -0.05) is 0 Å². The Morgan fingerprint density at radius 1 is 1.09 bits per heavy atom. The van der Waals surface area contributed by atoms with Crippen LogP contribution in [0.3, 0.4) is 0 Å². The lowest BCUT2D eigenvalue weighted by Gasteiger charge is -2.10. The molecule has 0 spiro atoms. The Bertz CT molecular complexity index is 683. The van der Waals surface area contributed by atoms with Crippen LogP contribution in [0.2, 0.25) is 0 Å². The number of rotatable bonds is 3. The molecule has 1 aromatic carbocycles. The molecule has 116 valence electrons. The van der Waals surface area contributed by atoms with E-state index in [9.17, 15) is 22.4 Å². The molecular weight excluding hydrogens is 306 g/mol. The number of ether oxygens (including phenoxy) is 2. The number of benzene rings is 1. The van der Waals surface area contributed by atoms with Gasteiger partial charge >= 0.3 is 12.3 Å². The van der Waals surface area contributed by atoms with Gasteiger partial charge in [-0.2, -0.15) is 4.39 Å². The summed E-state index contributed by atoms with van der Waals surface area (Å²) >= 11 is 0. The molecular formula is C14H9F4NO3. The first kappa shape index (κ1) is 15.7. The van der Waals surface area contributed by atoms with E-state index in [1.165, 1.54) is 18.2 Å². The maximum atomic E-state index is 13.3. The fourth-order valence-electron chi connectivity index (χ4n) is 1.74. The maximum Gasteiger partial charge on any atom is 0.573 e. The summed E-state index contributed by atoms with van der Waals surface area (Å²) in [6.07, 6.45) is -4.81. The minimum absolute atomic E-state index is 0.00612. The minimum Gasteiger partial charge on any atom is -0.465 e. The molecule has 0 aliphatic heterocycles. The van der Waals surface area contributed by atoms with Crippen molar-refractivity contribution >= 4 is 5.97 Å². The highest BCUT2D eigenvalue weighted by atomic mass is 19.4. The van der Waals surface area contributed by atoms with Crippen molar-refractivity contribution in [1.29, 1.82) is 0 Å². The van der Waals surface area contributed by atoms with Crippen LogP contribution in [0.4, 0.5) is 17.6 Å². The van der Waals surface area contributed by atoms with Gasteiger partial charge in [-0.25, -0.2) is 9.78 Å². The number of halogens is 4. The fraction of sp³-hybridized carbons (Fsp3) is 0.143. The first-order valence-corrected chi connectivity index (χ1v) is 5.91. The van der Waals surface area contributed by atoms with E-state index in [2.05, 4.69) is 14.5 Å². The van der Waals surface area contributed by atoms with Gasteiger partial charge in [0.05, 0.1) is 18.4 Å². The van der Waals surface area contributed by atoms with Crippen LogP contribution in [0.25, 0.3) is 11.3 Å². The maximum absolute atomic E-state index is 13.3. The van der Waals surface area contributed by atoms with Crippen molar-refractivity contribution in [1.82, 2.24) is 4.98 Å². The Kier molecular flexibility index (Phi) is 4.30. The van der Waals surface area contributed by atoms with Crippen LogP contribution in [-0.2, 0) is 4.74 Å². The molecule has 0 amide bonds. The summed E-state index contributed by atoms with van der Waals surface area (Å²) in [5, 5.41) is 0. The Hall–Kier alpha value is -2.64. The lowest BCUT2D eigenvalue weighted by atomic mass is 10.1. The molecule has 0 saturated carbocycles. The number of methoxy groups -OCH3 is 1. The van der Waals surface area contributed by atoms with E-state index in [1.54, 1.807) is 0 Å². The number of hydrogen-bond donors (Lipinski definition) is 0. The summed E-state index contributed by atoms with van der Waals surface area (Å²) in [7, 11) is 1.15. The molecule has 0 unspecified atom stereocenters. The first-order valence-electron chi connectivity index (χ1n) is 5.91. The Labute approximate surface area is 122 Å². The third-order valence-electron chi connectivity index (χ3n) is 2.63. The largest absolute Gasteiger partial charge is 0.573 e. The highest BCUT2D eigenvalue weighted by Crippen LogP contribution is 2.27. The molecule has 0 aliphatic carbocycles. The molecule has 1 aromatic heterocycles. The summed E-state index contributed by atoms with van der Waals surface area (Å²) in [5.41, 5.74) is 0.202. The zero-order valence-electron chi connectivity index (χ0n) is 11.1. The van der Waals surface area contributed by atoms with Crippen molar-refractivity contribution in [3.63, 3.8) is 0 Å². The molecule has 0 aliphatic rings. The molecule has 4 nitrogen and oxygen atoms in total. The molecule has 0 N–H and O–H groups in total. The second kappa shape index (κ2) is 6.00. The van der Waals surface area contributed by atoms with Gasteiger partial charge in [0.1, 0.15) is 5.75 Å². The number of nitrogens with zero attached hydrogens (tertiary/aromatic N) is 1. The lowest BCUT2D eigenvalue weighted by molar-refractivity contribution is -0.274. The van der Waals surface area contributed by atoms with Crippen molar-refractivity contribution in [3.05, 3.63) is 47.9 Å². The second-order valence-corrected chi connectivity index (χ2v) is 4.09. The van der Waals surface area contributed by atoms with Gasteiger partial charge in [-0.15, -0.1) is 13.2 Å². The van der Waals surface area contributed by atoms with Crippen molar-refractivity contribution in [2.45, 2.75) is 6.36 Å². The predicted octanol–water partition coefficient (Wildman–Crippen LogP) is 3.57. The molecule has 0 bridgehead atoms. The van der Waals surface area contributed by atoms with Crippen LogP contribution in [0, 0.1) is 5.95 Å². The molecule has 0 saturated heterocycles. The van der Waals surface area contributed by atoms with Crippen molar-refractivity contribution in [3.8, 4) is 17.0 Å². The van der Waals surface area contributed by atoms with Gasteiger partial charge < -0.3 is 9.47 Å². The van der Waals surface area contributed by atoms with E-state index in [4.69, 9.17) is 0 Å². The van der Waals surface area contributed by atoms with Crippen molar-refractivity contribution < 1.29 is 31.8 Å². The highest BCUT2D eigenvalue weighted by molar-refractivity contribution is 5.96. The first-order chi connectivity index (χ1) is 10.3. The van der Waals surface area contributed by atoms with Crippen LogP contribution in [-0.4, -0.2) is 24.4 Å². The summed E-state index contributed by atoms with van der Waals surface area (Å²) in [6, 6.07) is 6.71. The van der Waals surface area contributed by atoms with E-state index in [1.807, 2.05) is 0 Å². The molecule has 2 rings (SSSR count). The molecule has 0 atom stereocenters. The van der Waals surface area contributed by atoms with Crippen molar-refractivity contribution in [2.75, 3.05) is 7.11 Å². The molecule has 22 heavy (non-hydrogen) atoms. The smallest absolute Gasteiger partial charge is 0.465 e. The lowest BCUT2D eigenvalue weighted by Crippen LogP contribution is -2.17. The summed E-state index contributed by atoms with van der Waals surface area (Å²) in [6.45, 7) is 0.